The van der Waals surface area contributed by atoms with E-state index in [0.29, 0.717) is 6.54 Å². The van der Waals surface area contributed by atoms with Gasteiger partial charge in [0.05, 0.1) is 19.7 Å². The Morgan fingerprint density at radius 2 is 2.11 bits per heavy atom. The molecule has 1 fully saturated rings. The number of nitrogens with one attached hydrogen (secondary N) is 1. The monoisotopic (exact) mass is 259 g/mol. The zero-order chi connectivity index (χ0) is 13.7. The highest BCUT2D eigenvalue weighted by atomic mass is 16.5. The Kier molecular flexibility index (Phi) is 4.90. The van der Waals surface area contributed by atoms with E-state index in [2.05, 4.69) is 5.32 Å². The maximum atomic E-state index is 11.7. The molecule has 1 saturated heterocycles. The van der Waals surface area contributed by atoms with Gasteiger partial charge in [-0.25, -0.2) is 9.59 Å². The summed E-state index contributed by atoms with van der Waals surface area (Å²) < 4.78 is 4.99. The summed E-state index contributed by atoms with van der Waals surface area (Å²) in [6.45, 7) is 0.357. The topological polar surface area (TPSA) is 99.2 Å². The summed E-state index contributed by atoms with van der Waals surface area (Å²) in [4.78, 5) is 36.4. The third-order valence-corrected chi connectivity index (χ3v) is 2.52. The van der Waals surface area contributed by atoms with Gasteiger partial charge < -0.3 is 25.0 Å². The number of hydrogen-bond acceptors (Lipinski definition) is 4. The summed E-state index contributed by atoms with van der Waals surface area (Å²) >= 11 is 0. The molecule has 1 aliphatic heterocycles. The van der Waals surface area contributed by atoms with Gasteiger partial charge in [-0.2, -0.15) is 0 Å². The number of morpholine rings is 1. The minimum atomic E-state index is -1.10. The Morgan fingerprint density at radius 3 is 2.67 bits per heavy atom. The number of carbonyl (C=O) groups excluding carboxylic acids is 2. The molecule has 0 aromatic rings. The van der Waals surface area contributed by atoms with Gasteiger partial charge in [-0.15, -0.1) is 0 Å². The molecule has 0 bridgehead atoms. The van der Waals surface area contributed by atoms with Crippen LogP contribution in [0.5, 0.6) is 0 Å². The average molecular weight is 259 g/mol. The number of urea groups is 1. The Morgan fingerprint density at radius 1 is 1.44 bits per heavy atom. The second-order valence-corrected chi connectivity index (χ2v) is 4.09. The fourth-order valence-corrected chi connectivity index (χ4v) is 1.40. The van der Waals surface area contributed by atoms with E-state index in [1.807, 2.05) is 0 Å². The predicted octanol–water partition coefficient (Wildman–Crippen LogP) is -1.43. The normalized spacial score (nSPS) is 19.2. The predicted molar refractivity (Wildman–Crippen MR) is 61.0 cm³/mol. The summed E-state index contributed by atoms with van der Waals surface area (Å²) in [5.74, 6) is -1.33. The van der Waals surface area contributed by atoms with Gasteiger partial charge in [0.2, 0.25) is 5.91 Å². The highest BCUT2D eigenvalue weighted by molar-refractivity contribution is 5.84. The highest BCUT2D eigenvalue weighted by Gasteiger charge is 2.28. The lowest BCUT2D eigenvalue weighted by Gasteiger charge is -2.30. The summed E-state index contributed by atoms with van der Waals surface area (Å²) in [5.41, 5.74) is 0. The van der Waals surface area contributed by atoms with Gasteiger partial charge >= 0.3 is 12.0 Å². The van der Waals surface area contributed by atoms with E-state index in [1.165, 1.54) is 9.80 Å². The van der Waals surface area contributed by atoms with Crippen LogP contribution in [0.1, 0.15) is 0 Å². The minimum absolute atomic E-state index is 0.0165. The lowest BCUT2D eigenvalue weighted by molar-refractivity contribution is -0.154. The average Bonchev–Trinajstić information content (AvgIpc) is 2.35. The van der Waals surface area contributed by atoms with Gasteiger partial charge in [0, 0.05) is 20.6 Å². The lowest BCUT2D eigenvalue weighted by atomic mass is 10.3. The van der Waals surface area contributed by atoms with Gasteiger partial charge in [0.1, 0.15) is 0 Å². The molecule has 1 aliphatic rings. The molecular formula is C10H17N3O5. The van der Waals surface area contributed by atoms with Gasteiger partial charge in [-0.3, -0.25) is 4.79 Å². The zero-order valence-corrected chi connectivity index (χ0v) is 10.4. The van der Waals surface area contributed by atoms with Crippen LogP contribution in [0.15, 0.2) is 0 Å². The van der Waals surface area contributed by atoms with E-state index in [1.54, 1.807) is 14.1 Å². The first kappa shape index (κ1) is 14.2. The number of amides is 3. The molecule has 0 aromatic carbocycles. The molecule has 0 radical (unpaired) electrons. The summed E-state index contributed by atoms with van der Waals surface area (Å²) in [6, 6.07) is -0.459. The summed E-state index contributed by atoms with van der Waals surface area (Å²) in [5, 5.41) is 11.2. The van der Waals surface area contributed by atoms with Gasteiger partial charge in [0.15, 0.2) is 6.10 Å². The molecule has 0 aromatic heterocycles. The van der Waals surface area contributed by atoms with Crippen molar-refractivity contribution in [3.05, 3.63) is 0 Å². The number of carboxylic acid groups (broad SMARTS) is 1. The fourth-order valence-electron chi connectivity index (χ4n) is 1.40. The molecular weight excluding hydrogens is 242 g/mol. The molecule has 3 amide bonds. The van der Waals surface area contributed by atoms with Crippen molar-refractivity contribution in [2.75, 3.05) is 40.3 Å². The molecule has 1 rings (SSSR count). The number of rotatable bonds is 3. The van der Waals surface area contributed by atoms with Crippen molar-refractivity contribution in [2.24, 2.45) is 0 Å². The van der Waals surface area contributed by atoms with Crippen molar-refractivity contribution in [1.82, 2.24) is 15.1 Å². The van der Waals surface area contributed by atoms with E-state index in [4.69, 9.17) is 9.84 Å². The number of carboxylic acids is 1. The second-order valence-electron chi connectivity index (χ2n) is 4.09. The largest absolute Gasteiger partial charge is 0.479 e. The van der Waals surface area contributed by atoms with E-state index in [9.17, 15) is 14.4 Å². The molecule has 102 valence electrons. The second kappa shape index (κ2) is 6.20. The van der Waals surface area contributed by atoms with Crippen LogP contribution in [0.3, 0.4) is 0 Å². The van der Waals surface area contributed by atoms with Crippen LogP contribution < -0.4 is 5.32 Å². The molecule has 8 heteroatoms. The summed E-state index contributed by atoms with van der Waals surface area (Å²) in [6.07, 6.45) is -1.01. The Bertz CT molecular complexity index is 344. The smallest absolute Gasteiger partial charge is 0.334 e. The van der Waals surface area contributed by atoms with E-state index in [0.717, 1.165) is 0 Å². The summed E-state index contributed by atoms with van der Waals surface area (Å²) in [7, 11) is 3.17. The van der Waals surface area contributed by atoms with Crippen LogP contribution in [0.2, 0.25) is 0 Å². The van der Waals surface area contributed by atoms with Crippen LogP contribution in [-0.2, 0) is 14.3 Å². The van der Waals surface area contributed by atoms with Crippen molar-refractivity contribution < 1.29 is 24.2 Å². The number of nitrogens with zero attached hydrogens (tertiary/aromatic N) is 2. The molecule has 8 nitrogen and oxygen atoms in total. The maximum Gasteiger partial charge on any atom is 0.334 e. The third-order valence-electron chi connectivity index (χ3n) is 2.52. The molecule has 1 atom stereocenters. The van der Waals surface area contributed by atoms with Crippen LogP contribution >= 0.6 is 0 Å². The van der Waals surface area contributed by atoms with E-state index in [-0.39, 0.29) is 25.6 Å². The van der Waals surface area contributed by atoms with Crippen molar-refractivity contribution >= 4 is 17.9 Å². The van der Waals surface area contributed by atoms with E-state index < -0.39 is 18.1 Å². The Balaban J connectivity index is 2.42. The number of hydrogen-bond donors (Lipinski definition) is 2. The lowest BCUT2D eigenvalue weighted by Crippen LogP contribution is -2.52. The van der Waals surface area contributed by atoms with Crippen LogP contribution in [0.25, 0.3) is 0 Å². The maximum absolute atomic E-state index is 11.7. The molecule has 0 spiro atoms. The quantitative estimate of drug-likeness (QED) is 0.647. The Labute approximate surface area is 104 Å². The van der Waals surface area contributed by atoms with Crippen LogP contribution in [0.4, 0.5) is 4.79 Å². The zero-order valence-electron chi connectivity index (χ0n) is 10.4. The first-order valence-corrected chi connectivity index (χ1v) is 5.49. The first-order valence-electron chi connectivity index (χ1n) is 5.49. The van der Waals surface area contributed by atoms with Crippen molar-refractivity contribution in [1.29, 1.82) is 0 Å². The Hall–Kier alpha value is -1.83. The number of carbonyl (C=O) groups is 3. The molecule has 1 unspecified atom stereocenters. The molecule has 1 heterocycles. The molecule has 2 N–H and O–H groups in total. The van der Waals surface area contributed by atoms with Gasteiger partial charge in [-0.05, 0) is 0 Å². The number of ether oxygens (including phenoxy) is 1. The minimum Gasteiger partial charge on any atom is -0.479 e. The number of likely N-dealkylation sites (N-methyl/N-ethyl adjacent to an activating group) is 1. The van der Waals surface area contributed by atoms with Crippen LogP contribution in [0, 0.1) is 0 Å². The van der Waals surface area contributed by atoms with Gasteiger partial charge in [-0.1, -0.05) is 0 Å². The van der Waals surface area contributed by atoms with Crippen molar-refractivity contribution in [2.45, 2.75) is 6.10 Å². The molecule has 18 heavy (non-hydrogen) atoms. The molecule has 0 aliphatic carbocycles. The van der Waals surface area contributed by atoms with Gasteiger partial charge in [0.25, 0.3) is 0 Å². The van der Waals surface area contributed by atoms with E-state index >= 15 is 0 Å². The standard InChI is InChI=1S/C10H17N3O5/c1-12(2)8(14)5-11-10(17)13-3-4-18-7(6-13)9(15)16/h7H,3-6H2,1-2H3,(H,11,17)(H,15,16). The van der Waals surface area contributed by atoms with Crippen molar-refractivity contribution in [3.8, 4) is 0 Å². The highest BCUT2D eigenvalue weighted by Crippen LogP contribution is 2.05. The number of aliphatic carboxylic acids is 1. The first-order chi connectivity index (χ1) is 8.41. The van der Waals surface area contributed by atoms with Crippen molar-refractivity contribution in [3.63, 3.8) is 0 Å². The van der Waals surface area contributed by atoms with Crippen LogP contribution in [-0.4, -0.2) is 79.3 Å². The third kappa shape index (κ3) is 3.88. The fraction of sp³-hybridized carbons (Fsp3) is 0.700. The SMILES string of the molecule is CN(C)C(=O)CNC(=O)N1CCOC(C(=O)O)C1. The molecule has 0 saturated carbocycles.